The second-order valence-corrected chi connectivity index (χ2v) is 8.95. The predicted molar refractivity (Wildman–Crippen MR) is 96.2 cm³/mol. The predicted octanol–water partition coefficient (Wildman–Crippen LogP) is 1.05. The molecular weight excluding hydrogens is 356 g/mol. The fraction of sp³-hybridized carbons (Fsp3) is 0.765. The zero-order valence-corrected chi connectivity index (χ0v) is 16.5. The number of nitrogens with one attached hydrogen (secondary N) is 1. The molecule has 26 heavy (non-hydrogen) atoms. The Kier molecular flexibility index (Phi) is 5.69. The van der Waals surface area contributed by atoms with Crippen LogP contribution in [0.1, 0.15) is 44.1 Å². The summed E-state index contributed by atoms with van der Waals surface area (Å²) < 4.78 is 32.5. The lowest BCUT2D eigenvalue weighted by Crippen LogP contribution is -2.55. The third-order valence-electron chi connectivity index (χ3n) is 5.41. The number of rotatable bonds is 5. The minimum atomic E-state index is -3.85. The molecule has 1 saturated carbocycles. The van der Waals surface area contributed by atoms with Gasteiger partial charge in [-0.3, -0.25) is 9.69 Å². The lowest BCUT2D eigenvalue weighted by atomic mass is 10.1. The average molecular weight is 385 g/mol. The molecule has 0 radical (unpaired) electrons. The molecule has 1 atom stereocenters. The molecule has 0 bridgehead atoms. The van der Waals surface area contributed by atoms with Crippen molar-refractivity contribution in [3.63, 3.8) is 0 Å². The smallest absolute Gasteiger partial charge is 0.246 e. The van der Waals surface area contributed by atoms with Gasteiger partial charge in [-0.05, 0) is 33.6 Å². The van der Waals surface area contributed by atoms with Crippen LogP contribution in [-0.2, 0) is 14.8 Å². The van der Waals surface area contributed by atoms with Gasteiger partial charge in [-0.2, -0.15) is 4.72 Å². The largest absolute Gasteiger partial charge is 0.360 e. The van der Waals surface area contributed by atoms with Crippen LogP contribution in [0.15, 0.2) is 9.42 Å². The van der Waals surface area contributed by atoms with Crippen LogP contribution in [0.5, 0.6) is 0 Å². The van der Waals surface area contributed by atoms with Gasteiger partial charge in [0, 0.05) is 32.2 Å². The third kappa shape index (κ3) is 3.94. The third-order valence-corrected chi connectivity index (χ3v) is 7.19. The van der Waals surface area contributed by atoms with Crippen LogP contribution in [0.2, 0.25) is 0 Å². The number of hydrogen-bond acceptors (Lipinski definition) is 6. The van der Waals surface area contributed by atoms with Crippen molar-refractivity contribution in [2.45, 2.75) is 63.4 Å². The Morgan fingerprint density at radius 1 is 1.19 bits per heavy atom. The lowest BCUT2D eigenvalue weighted by Gasteiger charge is -2.38. The molecule has 0 spiro atoms. The van der Waals surface area contributed by atoms with E-state index < -0.39 is 16.1 Å². The summed E-state index contributed by atoms with van der Waals surface area (Å²) in [5.41, 5.74) is 0.292. The molecule has 2 aliphatic rings. The minimum absolute atomic E-state index is 0.0169. The Hall–Kier alpha value is -1.45. The summed E-state index contributed by atoms with van der Waals surface area (Å²) in [5.74, 6) is 0.0336. The number of hydrogen-bond donors (Lipinski definition) is 1. The number of sulfonamides is 1. The van der Waals surface area contributed by atoms with Crippen molar-refractivity contribution < 1.29 is 17.7 Å². The molecule has 9 heteroatoms. The van der Waals surface area contributed by atoms with Gasteiger partial charge in [0.15, 0.2) is 5.76 Å². The zero-order valence-electron chi connectivity index (χ0n) is 15.7. The van der Waals surface area contributed by atoms with Crippen molar-refractivity contribution in [2.75, 3.05) is 26.2 Å². The van der Waals surface area contributed by atoms with Crippen LogP contribution in [0.25, 0.3) is 0 Å². The number of aromatic nitrogens is 1. The van der Waals surface area contributed by atoms with Gasteiger partial charge in [0.05, 0.1) is 6.04 Å². The van der Waals surface area contributed by atoms with Gasteiger partial charge in [0.2, 0.25) is 15.9 Å². The average Bonchev–Trinajstić information content (AvgIpc) is 3.24. The number of piperazine rings is 1. The Balaban J connectivity index is 1.58. The molecule has 1 N–H and O–H groups in total. The summed E-state index contributed by atoms with van der Waals surface area (Å²) in [6, 6.07) is -0.172. The SMILES string of the molecule is Cc1noc(C)c1S(=O)(=O)N[C@@H](C)C(=O)N1CCN(C2CCCC2)CC1. The summed E-state index contributed by atoms with van der Waals surface area (Å²) in [6.07, 6.45) is 5.10. The van der Waals surface area contributed by atoms with Crippen LogP contribution in [-0.4, -0.2) is 67.5 Å². The molecule has 1 amide bonds. The quantitative estimate of drug-likeness (QED) is 0.815. The number of aryl methyl sites for hydroxylation is 2. The number of carbonyl (C=O) groups excluding carboxylic acids is 1. The standard InChI is InChI=1S/C17H28N4O4S/c1-12-16(14(3)25-18-12)26(23,24)19-13(2)17(22)21-10-8-20(9-11-21)15-6-4-5-7-15/h13,15,19H,4-11H2,1-3H3/t13-/m0/s1. The van der Waals surface area contributed by atoms with Crippen molar-refractivity contribution in [2.24, 2.45) is 0 Å². The van der Waals surface area contributed by atoms with Crippen molar-refractivity contribution in [3.8, 4) is 0 Å². The van der Waals surface area contributed by atoms with Crippen molar-refractivity contribution in [1.29, 1.82) is 0 Å². The first-order valence-corrected chi connectivity index (χ1v) is 10.8. The van der Waals surface area contributed by atoms with E-state index in [0.29, 0.717) is 24.8 Å². The molecule has 1 aliphatic heterocycles. The van der Waals surface area contributed by atoms with Crippen LogP contribution in [0.4, 0.5) is 0 Å². The Bertz CT molecular complexity index is 727. The molecule has 1 aliphatic carbocycles. The van der Waals surface area contributed by atoms with E-state index in [1.54, 1.807) is 25.7 Å². The van der Waals surface area contributed by atoms with Gasteiger partial charge < -0.3 is 9.42 Å². The molecule has 2 heterocycles. The fourth-order valence-corrected chi connectivity index (χ4v) is 5.58. The lowest BCUT2D eigenvalue weighted by molar-refractivity contribution is -0.134. The first-order chi connectivity index (χ1) is 12.3. The van der Waals surface area contributed by atoms with E-state index >= 15 is 0 Å². The van der Waals surface area contributed by atoms with Crippen LogP contribution in [0, 0.1) is 13.8 Å². The molecular formula is C17H28N4O4S. The van der Waals surface area contributed by atoms with Gasteiger partial charge in [0.25, 0.3) is 0 Å². The molecule has 3 rings (SSSR count). The second kappa shape index (κ2) is 7.66. The van der Waals surface area contributed by atoms with E-state index in [9.17, 15) is 13.2 Å². The van der Waals surface area contributed by atoms with Gasteiger partial charge >= 0.3 is 0 Å². The maximum absolute atomic E-state index is 12.7. The molecule has 8 nitrogen and oxygen atoms in total. The maximum Gasteiger partial charge on any atom is 0.246 e. The molecule has 1 aromatic rings. The van der Waals surface area contributed by atoms with Crippen molar-refractivity contribution in [1.82, 2.24) is 19.7 Å². The first kappa shape index (κ1) is 19.3. The highest BCUT2D eigenvalue weighted by atomic mass is 32.2. The summed E-state index contributed by atoms with van der Waals surface area (Å²) in [4.78, 5) is 16.9. The Morgan fingerprint density at radius 3 is 2.35 bits per heavy atom. The highest BCUT2D eigenvalue weighted by Gasteiger charge is 2.32. The molecule has 1 aromatic heterocycles. The second-order valence-electron chi connectivity index (χ2n) is 7.30. The zero-order chi connectivity index (χ0) is 18.9. The van der Waals surface area contributed by atoms with E-state index in [0.717, 1.165) is 13.1 Å². The molecule has 0 aromatic carbocycles. The molecule has 0 unspecified atom stereocenters. The van der Waals surface area contributed by atoms with E-state index in [4.69, 9.17) is 4.52 Å². The van der Waals surface area contributed by atoms with Crippen LogP contribution >= 0.6 is 0 Å². The number of carbonyl (C=O) groups is 1. The van der Waals surface area contributed by atoms with Gasteiger partial charge in [-0.1, -0.05) is 18.0 Å². The first-order valence-electron chi connectivity index (χ1n) is 9.27. The van der Waals surface area contributed by atoms with E-state index in [1.165, 1.54) is 25.7 Å². The monoisotopic (exact) mass is 384 g/mol. The topological polar surface area (TPSA) is 95.8 Å². The van der Waals surface area contributed by atoms with Gasteiger partial charge in [0.1, 0.15) is 10.6 Å². The highest BCUT2D eigenvalue weighted by molar-refractivity contribution is 7.89. The Morgan fingerprint density at radius 2 is 1.81 bits per heavy atom. The molecule has 2 fully saturated rings. The van der Waals surface area contributed by atoms with E-state index in [-0.39, 0.29) is 16.6 Å². The highest BCUT2D eigenvalue weighted by Crippen LogP contribution is 2.24. The molecule has 146 valence electrons. The van der Waals surface area contributed by atoms with Crippen LogP contribution < -0.4 is 4.72 Å². The normalized spacial score (nSPS) is 21.3. The number of amides is 1. The summed E-state index contributed by atoms with van der Waals surface area (Å²) in [6.45, 7) is 7.71. The van der Waals surface area contributed by atoms with Gasteiger partial charge in [-0.15, -0.1) is 0 Å². The van der Waals surface area contributed by atoms with E-state index in [1.807, 2.05) is 0 Å². The fourth-order valence-electron chi connectivity index (χ4n) is 4.05. The summed E-state index contributed by atoms with van der Waals surface area (Å²) in [5, 5.41) is 3.68. The summed E-state index contributed by atoms with van der Waals surface area (Å²) in [7, 11) is -3.85. The Labute approximate surface area is 154 Å². The summed E-state index contributed by atoms with van der Waals surface area (Å²) >= 11 is 0. The van der Waals surface area contributed by atoms with Crippen molar-refractivity contribution in [3.05, 3.63) is 11.5 Å². The van der Waals surface area contributed by atoms with Gasteiger partial charge in [-0.25, -0.2) is 8.42 Å². The number of nitrogens with zero attached hydrogens (tertiary/aromatic N) is 3. The minimum Gasteiger partial charge on any atom is -0.360 e. The maximum atomic E-state index is 12.7. The van der Waals surface area contributed by atoms with E-state index in [2.05, 4.69) is 14.8 Å². The molecule has 1 saturated heterocycles. The van der Waals surface area contributed by atoms with Crippen LogP contribution in [0.3, 0.4) is 0 Å². The van der Waals surface area contributed by atoms with Crippen molar-refractivity contribution >= 4 is 15.9 Å².